The highest BCUT2D eigenvalue weighted by Crippen LogP contribution is 2.02. The average Bonchev–Trinajstić information content (AvgIpc) is 2.03. The molecule has 6 heteroatoms. The molecule has 4 N–H and O–H groups in total. The highest BCUT2D eigenvalue weighted by Gasteiger charge is 2.21. The van der Waals surface area contributed by atoms with Gasteiger partial charge in [0.2, 0.25) is 5.91 Å². The van der Waals surface area contributed by atoms with E-state index >= 15 is 0 Å². The molecule has 0 saturated heterocycles. The molecule has 1 unspecified atom stereocenters. The maximum Gasteiger partial charge on any atom is 0.245 e. The third-order valence-electron chi connectivity index (χ3n) is 1.53. The lowest BCUT2D eigenvalue weighted by molar-refractivity contribution is -0.126. The molecule has 0 aliphatic carbocycles. The van der Waals surface area contributed by atoms with Crippen molar-refractivity contribution < 1.29 is 10.0 Å². The molecule has 1 amide bonds. The number of nitrogens with two attached hydrogens (primary N) is 1. The van der Waals surface area contributed by atoms with E-state index in [1.807, 2.05) is 0 Å². The van der Waals surface area contributed by atoms with Crippen LogP contribution in [-0.4, -0.2) is 36.1 Å². The summed E-state index contributed by atoms with van der Waals surface area (Å²) >= 11 is 0. The van der Waals surface area contributed by atoms with E-state index in [0.717, 1.165) is 0 Å². The maximum atomic E-state index is 11.4. The fourth-order valence-corrected chi connectivity index (χ4v) is 0.897. The summed E-state index contributed by atoms with van der Waals surface area (Å²) in [5.41, 5.74) is 7.86. The lowest BCUT2D eigenvalue weighted by Gasteiger charge is -2.17. The third kappa shape index (κ3) is 3.75. The fraction of sp³-hybridized carbons (Fsp3) is 0.714. The number of hydrogen-bond donors (Lipinski definition) is 3. The molecule has 0 aromatic rings. The monoisotopic (exact) mass is 188 g/mol. The van der Waals surface area contributed by atoms with Gasteiger partial charge in [0.1, 0.15) is 0 Å². The topological polar surface area (TPSA) is 91.0 Å². The Balaban J connectivity index is 4.32. The van der Waals surface area contributed by atoms with E-state index in [0.29, 0.717) is 6.42 Å². The Hall–Kier alpha value is -1.30. The van der Waals surface area contributed by atoms with Crippen LogP contribution in [0.4, 0.5) is 0 Å². The SMILES string of the molecule is CCC(C(=O)NN(C)C)C(N)=NO. The molecule has 0 radical (unpaired) electrons. The van der Waals surface area contributed by atoms with E-state index in [4.69, 9.17) is 10.9 Å². The first kappa shape index (κ1) is 11.7. The van der Waals surface area contributed by atoms with Crippen LogP contribution < -0.4 is 11.2 Å². The van der Waals surface area contributed by atoms with Crippen LogP contribution in [0.1, 0.15) is 13.3 Å². The molecule has 0 bridgehead atoms. The number of nitrogens with one attached hydrogen (secondary N) is 1. The van der Waals surface area contributed by atoms with Crippen LogP contribution >= 0.6 is 0 Å². The molecule has 1 atom stereocenters. The van der Waals surface area contributed by atoms with Crippen molar-refractivity contribution in [1.82, 2.24) is 10.4 Å². The van der Waals surface area contributed by atoms with Crippen molar-refractivity contribution in [3.05, 3.63) is 0 Å². The van der Waals surface area contributed by atoms with Gasteiger partial charge in [0.05, 0.1) is 5.92 Å². The largest absolute Gasteiger partial charge is 0.409 e. The highest BCUT2D eigenvalue weighted by atomic mass is 16.4. The predicted octanol–water partition coefficient (Wildman–Crippen LogP) is -0.648. The van der Waals surface area contributed by atoms with E-state index in [1.54, 1.807) is 21.0 Å². The molecule has 0 spiro atoms. The first-order chi connectivity index (χ1) is 6.02. The quantitative estimate of drug-likeness (QED) is 0.237. The smallest absolute Gasteiger partial charge is 0.245 e. The van der Waals surface area contributed by atoms with Crippen molar-refractivity contribution in [2.45, 2.75) is 13.3 Å². The van der Waals surface area contributed by atoms with Crippen molar-refractivity contribution in [2.24, 2.45) is 16.8 Å². The van der Waals surface area contributed by atoms with Crippen molar-refractivity contribution in [1.29, 1.82) is 0 Å². The molecule has 0 heterocycles. The standard InChI is InChI=1S/C7H16N4O2/c1-4-5(6(8)10-13)7(12)9-11(2)3/h5,13H,4H2,1-3H3,(H2,8,10)(H,9,12). The lowest BCUT2D eigenvalue weighted by Crippen LogP contribution is -2.44. The molecule has 0 rings (SSSR count). The van der Waals surface area contributed by atoms with E-state index in [9.17, 15) is 4.79 Å². The number of nitrogens with zero attached hydrogens (tertiary/aromatic N) is 2. The second-order valence-electron chi connectivity index (χ2n) is 2.86. The van der Waals surface area contributed by atoms with Crippen LogP contribution in [0.5, 0.6) is 0 Å². The summed E-state index contributed by atoms with van der Waals surface area (Å²) in [5.74, 6) is -0.919. The Labute approximate surface area is 77.4 Å². The summed E-state index contributed by atoms with van der Waals surface area (Å²) in [6.07, 6.45) is 0.496. The number of hydrazine groups is 1. The van der Waals surface area contributed by atoms with Gasteiger partial charge in [-0.3, -0.25) is 10.2 Å². The Morgan fingerprint density at radius 2 is 2.23 bits per heavy atom. The number of hydrogen-bond acceptors (Lipinski definition) is 4. The lowest BCUT2D eigenvalue weighted by atomic mass is 10.1. The number of amidine groups is 1. The molecular weight excluding hydrogens is 172 g/mol. The van der Waals surface area contributed by atoms with E-state index in [1.165, 1.54) is 5.01 Å². The van der Waals surface area contributed by atoms with Gasteiger partial charge >= 0.3 is 0 Å². The van der Waals surface area contributed by atoms with Gasteiger partial charge in [-0.2, -0.15) is 0 Å². The Morgan fingerprint density at radius 3 is 2.54 bits per heavy atom. The number of carbonyl (C=O) groups is 1. The zero-order chi connectivity index (χ0) is 10.4. The van der Waals surface area contributed by atoms with Gasteiger partial charge in [0, 0.05) is 14.1 Å². The Morgan fingerprint density at radius 1 is 1.69 bits per heavy atom. The first-order valence-electron chi connectivity index (χ1n) is 3.98. The molecule has 76 valence electrons. The normalized spacial score (nSPS) is 14.3. The summed E-state index contributed by atoms with van der Waals surface area (Å²) in [7, 11) is 3.38. The maximum absolute atomic E-state index is 11.4. The number of carbonyl (C=O) groups excluding carboxylic acids is 1. The van der Waals surface area contributed by atoms with Crippen molar-refractivity contribution >= 4 is 11.7 Å². The molecule has 6 nitrogen and oxygen atoms in total. The van der Waals surface area contributed by atoms with Crippen molar-refractivity contribution in [2.75, 3.05) is 14.1 Å². The molecule has 13 heavy (non-hydrogen) atoms. The third-order valence-corrected chi connectivity index (χ3v) is 1.53. The summed E-state index contributed by atoms with van der Waals surface area (Å²) in [6.45, 7) is 1.79. The molecule has 0 aromatic carbocycles. The van der Waals surface area contributed by atoms with Crippen molar-refractivity contribution in [3.8, 4) is 0 Å². The molecule has 0 fully saturated rings. The van der Waals surface area contributed by atoms with Crippen molar-refractivity contribution in [3.63, 3.8) is 0 Å². The second kappa shape index (κ2) is 5.36. The first-order valence-corrected chi connectivity index (χ1v) is 3.98. The Kier molecular flexibility index (Phi) is 4.83. The number of rotatable bonds is 4. The van der Waals surface area contributed by atoms with Crippen LogP contribution in [0.25, 0.3) is 0 Å². The molecule has 0 saturated carbocycles. The van der Waals surface area contributed by atoms with Crippen LogP contribution in [0.2, 0.25) is 0 Å². The van der Waals surface area contributed by atoms with Gasteiger partial charge in [-0.15, -0.1) is 0 Å². The summed E-state index contributed by atoms with van der Waals surface area (Å²) in [6, 6.07) is 0. The van der Waals surface area contributed by atoms with Gasteiger partial charge in [0.15, 0.2) is 5.84 Å². The van der Waals surface area contributed by atoms with Crippen LogP contribution in [0, 0.1) is 5.92 Å². The Bertz CT molecular complexity index is 203. The van der Waals surface area contributed by atoms with E-state index in [2.05, 4.69) is 10.6 Å². The van der Waals surface area contributed by atoms with Crippen LogP contribution in [0.3, 0.4) is 0 Å². The van der Waals surface area contributed by atoms with Gasteiger partial charge in [-0.05, 0) is 6.42 Å². The van der Waals surface area contributed by atoms with Crippen LogP contribution in [0.15, 0.2) is 5.16 Å². The van der Waals surface area contributed by atoms with Crippen LogP contribution in [-0.2, 0) is 4.79 Å². The molecule has 0 aromatic heterocycles. The molecular formula is C7H16N4O2. The summed E-state index contributed by atoms with van der Waals surface area (Å²) in [5, 5.41) is 12.7. The van der Waals surface area contributed by atoms with Gasteiger partial charge in [0.25, 0.3) is 0 Å². The van der Waals surface area contributed by atoms with Gasteiger partial charge < -0.3 is 10.9 Å². The summed E-state index contributed by atoms with van der Waals surface area (Å²) < 4.78 is 0. The zero-order valence-corrected chi connectivity index (χ0v) is 8.11. The molecule has 0 aliphatic heterocycles. The predicted molar refractivity (Wildman–Crippen MR) is 49.0 cm³/mol. The second-order valence-corrected chi connectivity index (χ2v) is 2.86. The minimum absolute atomic E-state index is 0.0677. The van der Waals surface area contributed by atoms with E-state index in [-0.39, 0.29) is 11.7 Å². The number of amides is 1. The average molecular weight is 188 g/mol. The fourth-order valence-electron chi connectivity index (χ4n) is 0.897. The molecule has 0 aliphatic rings. The van der Waals surface area contributed by atoms with Gasteiger partial charge in [-0.25, -0.2) is 5.01 Å². The number of oxime groups is 1. The van der Waals surface area contributed by atoms with E-state index < -0.39 is 5.92 Å². The minimum Gasteiger partial charge on any atom is -0.409 e. The highest BCUT2D eigenvalue weighted by molar-refractivity contribution is 6.01. The summed E-state index contributed by atoms with van der Waals surface area (Å²) in [4.78, 5) is 11.4. The minimum atomic E-state index is -0.576. The zero-order valence-electron chi connectivity index (χ0n) is 8.11. The van der Waals surface area contributed by atoms with Gasteiger partial charge in [-0.1, -0.05) is 12.1 Å².